The Morgan fingerprint density at radius 1 is 1.00 bits per heavy atom. The topological polar surface area (TPSA) is 139 Å². The lowest BCUT2D eigenvalue weighted by atomic mass is 10.00. The number of benzene rings is 3. The average Bonchev–Trinajstić information content (AvgIpc) is 3.17. The molecule has 0 aliphatic rings. The van der Waals surface area contributed by atoms with Gasteiger partial charge in [-0.15, -0.1) is 0 Å². The van der Waals surface area contributed by atoms with E-state index in [4.69, 9.17) is 21.2 Å². The molecule has 1 aromatic heterocycles. The van der Waals surface area contributed by atoms with Crippen LogP contribution in [0.4, 0.5) is 5.69 Å². The molecule has 0 aliphatic heterocycles. The largest absolute Gasteiger partial charge is 0.494 e. The summed E-state index contributed by atoms with van der Waals surface area (Å²) in [5, 5.41) is 11.6. The maximum absolute atomic E-state index is 12.1. The van der Waals surface area contributed by atoms with Gasteiger partial charge in [-0.05, 0) is 36.8 Å². The molecule has 3 aromatic carbocycles. The van der Waals surface area contributed by atoms with Crippen LogP contribution in [0.5, 0.6) is 5.88 Å². The van der Waals surface area contributed by atoms with Gasteiger partial charge in [0, 0.05) is 16.5 Å². The van der Waals surface area contributed by atoms with Gasteiger partial charge < -0.3 is 26.3 Å². The van der Waals surface area contributed by atoms with Crippen molar-refractivity contribution in [3.63, 3.8) is 0 Å². The Balaban J connectivity index is 1.80. The number of H-pyrrole nitrogens is 1. The quantitative estimate of drug-likeness (QED) is 0.190. The van der Waals surface area contributed by atoms with Gasteiger partial charge in [0.2, 0.25) is 0 Å². The van der Waals surface area contributed by atoms with E-state index in [9.17, 15) is 9.90 Å². The van der Waals surface area contributed by atoms with Gasteiger partial charge in [-0.1, -0.05) is 48.5 Å². The van der Waals surface area contributed by atoms with Crippen molar-refractivity contribution in [3.05, 3.63) is 95.1 Å². The first kappa shape index (κ1) is 22.6. The van der Waals surface area contributed by atoms with E-state index < -0.39 is 5.97 Å². The Morgan fingerprint density at radius 2 is 1.74 bits per heavy atom. The molecule has 4 rings (SSSR count). The monoisotopic (exact) mass is 455 g/mol. The molecule has 0 amide bonds. The summed E-state index contributed by atoms with van der Waals surface area (Å²) in [6, 6.07) is 22.2. The SMILES string of the molecule is CCOC(=O)c1ccc2c(C(=Nc3ccc(CN=C(N)N)cc3)c3ccccc3)c(O)[nH]c2c1. The zero-order chi connectivity index (χ0) is 24.1. The van der Waals surface area contributed by atoms with Gasteiger partial charge >= 0.3 is 5.97 Å². The molecule has 0 radical (unpaired) electrons. The van der Waals surface area contributed by atoms with Gasteiger partial charge in [0.15, 0.2) is 11.8 Å². The van der Waals surface area contributed by atoms with Crippen molar-refractivity contribution in [2.45, 2.75) is 13.5 Å². The summed E-state index contributed by atoms with van der Waals surface area (Å²) < 4.78 is 5.09. The predicted octanol–water partition coefficient (Wildman–Crippen LogP) is 3.99. The molecule has 172 valence electrons. The van der Waals surface area contributed by atoms with Crippen molar-refractivity contribution in [3.8, 4) is 5.88 Å². The highest BCUT2D eigenvalue weighted by Crippen LogP contribution is 2.32. The minimum Gasteiger partial charge on any atom is -0.494 e. The molecule has 0 atom stereocenters. The minimum atomic E-state index is -0.419. The average molecular weight is 456 g/mol. The summed E-state index contributed by atoms with van der Waals surface area (Å²) in [4.78, 5) is 24.0. The summed E-state index contributed by atoms with van der Waals surface area (Å²) >= 11 is 0. The molecule has 0 unspecified atom stereocenters. The molecule has 8 heteroatoms. The van der Waals surface area contributed by atoms with E-state index in [-0.39, 0.29) is 18.4 Å². The molecule has 8 nitrogen and oxygen atoms in total. The van der Waals surface area contributed by atoms with Crippen LogP contribution in [0.25, 0.3) is 10.9 Å². The van der Waals surface area contributed by atoms with E-state index in [0.717, 1.165) is 16.5 Å². The number of carbonyl (C=O) groups is 1. The maximum atomic E-state index is 12.1. The number of fused-ring (bicyclic) bond motifs is 1. The number of nitrogens with zero attached hydrogens (tertiary/aromatic N) is 2. The van der Waals surface area contributed by atoms with Crippen molar-refractivity contribution < 1.29 is 14.6 Å². The van der Waals surface area contributed by atoms with Crippen LogP contribution in [-0.2, 0) is 11.3 Å². The number of hydrogen-bond acceptors (Lipinski definition) is 5. The maximum Gasteiger partial charge on any atom is 0.338 e. The third-order valence-electron chi connectivity index (χ3n) is 5.20. The highest BCUT2D eigenvalue weighted by Gasteiger charge is 2.20. The van der Waals surface area contributed by atoms with Gasteiger partial charge in [0.05, 0.1) is 35.7 Å². The lowest BCUT2D eigenvalue weighted by Gasteiger charge is -2.08. The molecule has 4 aromatic rings. The molecule has 34 heavy (non-hydrogen) atoms. The fourth-order valence-electron chi connectivity index (χ4n) is 3.61. The number of carbonyl (C=O) groups excluding carboxylic acids is 1. The molecule has 0 fully saturated rings. The molecule has 6 N–H and O–H groups in total. The van der Waals surface area contributed by atoms with Crippen LogP contribution in [-0.4, -0.2) is 34.3 Å². The van der Waals surface area contributed by atoms with E-state index >= 15 is 0 Å². The van der Waals surface area contributed by atoms with Crippen molar-refractivity contribution in [2.75, 3.05) is 6.61 Å². The van der Waals surface area contributed by atoms with Crippen LogP contribution < -0.4 is 11.5 Å². The molecule has 0 aliphatic carbocycles. The normalized spacial score (nSPS) is 11.4. The number of nitrogens with one attached hydrogen (secondary N) is 1. The summed E-state index contributed by atoms with van der Waals surface area (Å²) in [5.74, 6) is -0.421. The zero-order valence-corrected chi connectivity index (χ0v) is 18.7. The highest BCUT2D eigenvalue weighted by atomic mass is 16.5. The highest BCUT2D eigenvalue weighted by molar-refractivity contribution is 6.22. The lowest BCUT2D eigenvalue weighted by Crippen LogP contribution is -2.22. The Bertz CT molecular complexity index is 1370. The fourth-order valence-corrected chi connectivity index (χ4v) is 3.61. The lowest BCUT2D eigenvalue weighted by molar-refractivity contribution is 0.0526. The Kier molecular flexibility index (Phi) is 6.59. The second-order valence-electron chi connectivity index (χ2n) is 7.56. The van der Waals surface area contributed by atoms with Crippen molar-refractivity contribution in [2.24, 2.45) is 21.5 Å². The van der Waals surface area contributed by atoms with Gasteiger partial charge in [0.1, 0.15) is 0 Å². The molecule has 0 bridgehead atoms. The van der Waals surface area contributed by atoms with E-state index in [1.807, 2.05) is 54.6 Å². The van der Waals surface area contributed by atoms with E-state index in [2.05, 4.69) is 9.98 Å². The van der Waals surface area contributed by atoms with E-state index in [1.54, 1.807) is 25.1 Å². The number of aliphatic imine (C=N–C) groups is 2. The summed E-state index contributed by atoms with van der Waals surface area (Å²) in [6.07, 6.45) is 0. The van der Waals surface area contributed by atoms with Crippen molar-refractivity contribution >= 4 is 34.2 Å². The van der Waals surface area contributed by atoms with Crippen LogP contribution in [0.3, 0.4) is 0 Å². The number of esters is 1. The molecular formula is C26H25N5O3. The first-order valence-corrected chi connectivity index (χ1v) is 10.8. The van der Waals surface area contributed by atoms with E-state index in [0.29, 0.717) is 34.6 Å². The number of aromatic hydroxyl groups is 1. The number of hydrogen-bond donors (Lipinski definition) is 4. The Morgan fingerprint density at radius 3 is 2.41 bits per heavy atom. The number of ether oxygens (including phenoxy) is 1. The number of guanidine groups is 1. The van der Waals surface area contributed by atoms with Gasteiger partial charge in [-0.3, -0.25) is 0 Å². The van der Waals surface area contributed by atoms with Crippen LogP contribution in [0.1, 0.15) is 34.0 Å². The third kappa shape index (κ3) is 4.91. The van der Waals surface area contributed by atoms with Crippen molar-refractivity contribution in [1.82, 2.24) is 4.98 Å². The van der Waals surface area contributed by atoms with Crippen molar-refractivity contribution in [1.29, 1.82) is 0 Å². The van der Waals surface area contributed by atoms with Gasteiger partial charge in [0.25, 0.3) is 0 Å². The fraction of sp³-hybridized carbons (Fsp3) is 0.115. The molecule has 1 heterocycles. The second-order valence-corrected chi connectivity index (χ2v) is 7.56. The van der Waals surface area contributed by atoms with Crippen LogP contribution in [0.2, 0.25) is 0 Å². The van der Waals surface area contributed by atoms with Gasteiger partial charge in [-0.2, -0.15) is 0 Å². The molecule has 0 spiro atoms. The second kappa shape index (κ2) is 9.91. The Hall–Kier alpha value is -4.59. The number of nitrogens with two attached hydrogens (primary N) is 2. The first-order valence-electron chi connectivity index (χ1n) is 10.8. The van der Waals surface area contributed by atoms with E-state index in [1.165, 1.54) is 0 Å². The molecule has 0 saturated heterocycles. The predicted molar refractivity (Wildman–Crippen MR) is 134 cm³/mol. The molecular weight excluding hydrogens is 430 g/mol. The van der Waals surface area contributed by atoms with Crippen LogP contribution in [0, 0.1) is 0 Å². The zero-order valence-electron chi connectivity index (χ0n) is 18.7. The van der Waals surface area contributed by atoms with Gasteiger partial charge in [-0.25, -0.2) is 14.8 Å². The summed E-state index contributed by atoms with van der Waals surface area (Å²) in [5.41, 5.74) is 15.4. The smallest absolute Gasteiger partial charge is 0.338 e. The standard InChI is InChI=1S/C26H25N5O3/c1-2-34-25(33)18-10-13-20-21(14-18)31-24(32)22(20)23(17-6-4-3-5-7-17)30-19-11-8-16(9-12-19)15-29-26(27)28/h3-14,31-32H,2,15H2,1H3,(H4,27,28,29). The third-order valence-corrected chi connectivity index (χ3v) is 5.20. The number of aromatic nitrogens is 1. The van der Waals surface area contributed by atoms with Crippen LogP contribution in [0.15, 0.2) is 82.8 Å². The summed E-state index contributed by atoms with van der Waals surface area (Å²) in [7, 11) is 0. The number of rotatable bonds is 7. The first-order chi connectivity index (χ1) is 16.5. The minimum absolute atomic E-state index is 0.0365. The Labute approximate surface area is 196 Å². The van der Waals surface area contributed by atoms with Crippen LogP contribution >= 0.6 is 0 Å². The summed E-state index contributed by atoms with van der Waals surface area (Å²) in [6.45, 7) is 2.42. The number of aromatic amines is 1. The molecule has 0 saturated carbocycles.